The van der Waals surface area contributed by atoms with E-state index in [1.54, 1.807) is 26.0 Å². The summed E-state index contributed by atoms with van der Waals surface area (Å²) >= 11 is 5.79. The standard InChI is InChI=1S/C24H20ClNO6S/c1-13-11-17(15(3)31-19-9-10-20(25)26-24(19)33(28,29)30)23-18(12-13)21(27)14(2)22(32-23)16-7-5-4-6-8-16/h4-12,15H,1-3H3,(H,28,29,30)/t15-/m1/s1. The van der Waals surface area contributed by atoms with E-state index in [0.29, 0.717) is 27.9 Å². The van der Waals surface area contributed by atoms with Gasteiger partial charge in [0.1, 0.15) is 22.6 Å². The molecule has 1 atom stereocenters. The van der Waals surface area contributed by atoms with E-state index in [2.05, 4.69) is 4.98 Å². The number of hydrogen-bond acceptors (Lipinski definition) is 6. The highest BCUT2D eigenvalue weighted by molar-refractivity contribution is 7.85. The molecule has 2 aromatic carbocycles. The first-order valence-electron chi connectivity index (χ1n) is 10.0. The Morgan fingerprint density at radius 1 is 1.09 bits per heavy atom. The van der Waals surface area contributed by atoms with E-state index < -0.39 is 21.2 Å². The highest BCUT2D eigenvalue weighted by atomic mass is 35.5. The Morgan fingerprint density at radius 3 is 2.45 bits per heavy atom. The summed E-state index contributed by atoms with van der Waals surface area (Å²) in [6.45, 7) is 5.23. The van der Waals surface area contributed by atoms with Crippen LogP contribution in [-0.4, -0.2) is 18.0 Å². The van der Waals surface area contributed by atoms with Gasteiger partial charge in [-0.1, -0.05) is 41.9 Å². The molecule has 33 heavy (non-hydrogen) atoms. The molecule has 0 saturated heterocycles. The Labute approximate surface area is 195 Å². The zero-order valence-corrected chi connectivity index (χ0v) is 19.6. The maximum Gasteiger partial charge on any atom is 0.316 e. The van der Waals surface area contributed by atoms with Crippen LogP contribution in [0.1, 0.15) is 29.7 Å². The topological polar surface area (TPSA) is 107 Å². The Morgan fingerprint density at radius 2 is 1.79 bits per heavy atom. The van der Waals surface area contributed by atoms with Gasteiger partial charge in [0.25, 0.3) is 0 Å². The lowest BCUT2D eigenvalue weighted by molar-refractivity contribution is 0.218. The van der Waals surface area contributed by atoms with Crippen LogP contribution in [0.25, 0.3) is 22.3 Å². The van der Waals surface area contributed by atoms with Crippen LogP contribution in [0, 0.1) is 13.8 Å². The third-order valence-electron chi connectivity index (χ3n) is 5.21. The second-order valence-corrected chi connectivity index (χ2v) is 9.38. The molecule has 0 spiro atoms. The van der Waals surface area contributed by atoms with Gasteiger partial charge in [-0.2, -0.15) is 8.42 Å². The van der Waals surface area contributed by atoms with Gasteiger partial charge in [-0.05, 0) is 50.6 Å². The predicted octanol–water partition coefficient (Wildman–Crippen LogP) is 5.51. The number of aromatic nitrogens is 1. The van der Waals surface area contributed by atoms with Gasteiger partial charge in [0.15, 0.2) is 11.2 Å². The quantitative estimate of drug-likeness (QED) is 0.293. The van der Waals surface area contributed by atoms with Crippen LogP contribution >= 0.6 is 11.6 Å². The Balaban J connectivity index is 1.90. The summed E-state index contributed by atoms with van der Waals surface area (Å²) in [7, 11) is -4.68. The van der Waals surface area contributed by atoms with Crippen molar-refractivity contribution < 1.29 is 22.1 Å². The van der Waals surface area contributed by atoms with Crippen LogP contribution in [0.15, 0.2) is 68.8 Å². The molecule has 1 N–H and O–H groups in total. The van der Waals surface area contributed by atoms with Crippen LogP contribution < -0.4 is 10.2 Å². The number of benzene rings is 2. The Bertz CT molecular complexity index is 1530. The normalized spacial score (nSPS) is 12.6. The van der Waals surface area contributed by atoms with Crippen molar-refractivity contribution in [2.45, 2.75) is 31.9 Å². The van der Waals surface area contributed by atoms with E-state index in [-0.39, 0.29) is 16.3 Å². The molecule has 2 aromatic heterocycles. The predicted molar refractivity (Wildman–Crippen MR) is 125 cm³/mol. The van der Waals surface area contributed by atoms with Crippen molar-refractivity contribution in [2.75, 3.05) is 0 Å². The van der Waals surface area contributed by atoms with Gasteiger partial charge in [-0.15, -0.1) is 0 Å². The highest BCUT2D eigenvalue weighted by Crippen LogP contribution is 2.34. The van der Waals surface area contributed by atoms with Crippen LogP contribution in [-0.2, 0) is 10.1 Å². The summed E-state index contributed by atoms with van der Waals surface area (Å²) < 4.78 is 45.2. The third-order valence-corrected chi connectivity index (χ3v) is 6.20. The minimum Gasteiger partial charge on any atom is -0.483 e. The molecule has 4 aromatic rings. The molecule has 0 aliphatic carbocycles. The number of halogens is 1. The van der Waals surface area contributed by atoms with Gasteiger partial charge in [0, 0.05) is 16.7 Å². The maximum absolute atomic E-state index is 13.2. The zero-order valence-electron chi connectivity index (χ0n) is 18.0. The van der Waals surface area contributed by atoms with Crippen molar-refractivity contribution in [3.05, 3.63) is 86.7 Å². The number of nitrogens with zero attached hydrogens (tertiary/aromatic N) is 1. The first-order valence-corrected chi connectivity index (χ1v) is 11.8. The molecule has 0 saturated carbocycles. The molecule has 2 heterocycles. The summed E-state index contributed by atoms with van der Waals surface area (Å²) in [4.78, 5) is 16.9. The average Bonchev–Trinajstić information content (AvgIpc) is 2.77. The molecule has 0 radical (unpaired) electrons. The average molecular weight is 486 g/mol. The fourth-order valence-electron chi connectivity index (χ4n) is 3.67. The number of aryl methyl sites for hydroxylation is 1. The third kappa shape index (κ3) is 4.50. The fourth-order valence-corrected chi connectivity index (χ4v) is 4.45. The second kappa shape index (κ2) is 8.62. The maximum atomic E-state index is 13.2. The van der Waals surface area contributed by atoms with Crippen molar-refractivity contribution in [3.8, 4) is 17.1 Å². The lowest BCUT2D eigenvalue weighted by Crippen LogP contribution is -2.13. The minimum absolute atomic E-state index is 0.113. The first kappa shape index (κ1) is 23.0. The molecule has 4 rings (SSSR count). The van der Waals surface area contributed by atoms with Gasteiger partial charge >= 0.3 is 10.1 Å². The molecular weight excluding hydrogens is 466 g/mol. The molecule has 0 aliphatic rings. The molecule has 0 amide bonds. The number of rotatable bonds is 5. The minimum atomic E-state index is -4.68. The van der Waals surface area contributed by atoms with E-state index in [1.165, 1.54) is 12.1 Å². The van der Waals surface area contributed by atoms with E-state index in [9.17, 15) is 17.8 Å². The van der Waals surface area contributed by atoms with Crippen molar-refractivity contribution in [1.82, 2.24) is 4.98 Å². The number of fused-ring (bicyclic) bond motifs is 1. The fraction of sp³-hybridized carbons (Fsp3) is 0.167. The molecule has 170 valence electrons. The molecule has 0 aliphatic heterocycles. The van der Waals surface area contributed by atoms with E-state index in [1.807, 2.05) is 37.3 Å². The van der Waals surface area contributed by atoms with Crippen LogP contribution in [0.2, 0.25) is 5.15 Å². The summed E-state index contributed by atoms with van der Waals surface area (Å²) in [5.74, 6) is 0.263. The van der Waals surface area contributed by atoms with E-state index in [4.69, 9.17) is 20.8 Å². The highest BCUT2D eigenvalue weighted by Gasteiger charge is 2.24. The number of pyridine rings is 1. The first-order chi connectivity index (χ1) is 15.6. The van der Waals surface area contributed by atoms with Crippen LogP contribution in [0.3, 0.4) is 0 Å². The smallest absolute Gasteiger partial charge is 0.316 e. The summed E-state index contributed by atoms with van der Waals surface area (Å²) in [5, 5.41) is -0.416. The molecule has 0 bridgehead atoms. The lowest BCUT2D eigenvalue weighted by atomic mass is 10.00. The Hall–Kier alpha value is -3.20. The van der Waals surface area contributed by atoms with Crippen molar-refractivity contribution in [1.29, 1.82) is 0 Å². The van der Waals surface area contributed by atoms with Gasteiger partial charge in [-0.25, -0.2) is 4.98 Å². The van der Waals surface area contributed by atoms with Gasteiger partial charge in [-0.3, -0.25) is 9.35 Å². The van der Waals surface area contributed by atoms with E-state index >= 15 is 0 Å². The van der Waals surface area contributed by atoms with Crippen molar-refractivity contribution in [2.24, 2.45) is 0 Å². The van der Waals surface area contributed by atoms with Gasteiger partial charge in [0.05, 0.1) is 5.39 Å². The zero-order chi connectivity index (χ0) is 23.9. The van der Waals surface area contributed by atoms with E-state index in [0.717, 1.165) is 11.1 Å². The lowest BCUT2D eigenvalue weighted by Gasteiger charge is -2.19. The second-order valence-electron chi connectivity index (χ2n) is 7.65. The molecular formula is C24H20ClNO6S. The van der Waals surface area contributed by atoms with Crippen molar-refractivity contribution in [3.63, 3.8) is 0 Å². The van der Waals surface area contributed by atoms with Gasteiger partial charge in [0.2, 0.25) is 5.03 Å². The largest absolute Gasteiger partial charge is 0.483 e. The SMILES string of the molecule is Cc1cc([C@@H](C)Oc2ccc(Cl)nc2S(=O)(=O)O)c2oc(-c3ccccc3)c(C)c(=O)c2c1. The van der Waals surface area contributed by atoms with Crippen LogP contribution in [0.4, 0.5) is 0 Å². The number of ether oxygens (including phenoxy) is 1. The molecule has 0 unspecified atom stereocenters. The van der Waals surface area contributed by atoms with Crippen molar-refractivity contribution >= 4 is 32.7 Å². The Kier molecular flexibility index (Phi) is 6.00. The monoisotopic (exact) mass is 485 g/mol. The molecule has 7 nitrogen and oxygen atoms in total. The number of hydrogen-bond donors (Lipinski definition) is 1. The summed E-state index contributed by atoms with van der Waals surface area (Å²) in [6.07, 6.45) is -0.759. The molecule has 9 heteroatoms. The summed E-state index contributed by atoms with van der Waals surface area (Å²) in [6, 6.07) is 15.5. The summed E-state index contributed by atoms with van der Waals surface area (Å²) in [5.41, 5.74) is 2.74. The van der Waals surface area contributed by atoms with Crippen LogP contribution in [0.5, 0.6) is 5.75 Å². The van der Waals surface area contributed by atoms with Gasteiger partial charge < -0.3 is 9.15 Å². The molecule has 0 fully saturated rings.